The quantitative estimate of drug-likeness (QED) is 0.304. The Bertz CT molecular complexity index is 744. The third kappa shape index (κ3) is 7.89. The fraction of sp³-hybridized carbons (Fsp3) is 0.500. The topological polar surface area (TPSA) is 68.0 Å². The number of benzene rings is 1. The Labute approximate surface area is 190 Å². The lowest BCUT2D eigenvalue weighted by Gasteiger charge is -2.14. The van der Waals surface area contributed by atoms with E-state index in [1.165, 1.54) is 5.56 Å². The Hall–Kier alpha value is -1.74. The first-order chi connectivity index (χ1) is 13.7. The fourth-order valence-electron chi connectivity index (χ4n) is 3.26. The van der Waals surface area contributed by atoms with Crippen LogP contribution in [0.4, 0.5) is 0 Å². The van der Waals surface area contributed by atoms with Crippen LogP contribution in [0.15, 0.2) is 46.0 Å². The lowest BCUT2D eigenvalue weighted by atomic mass is 10.1. The number of ether oxygens (including phenoxy) is 2. The molecule has 1 unspecified atom stereocenters. The van der Waals surface area contributed by atoms with Gasteiger partial charge in [-0.15, -0.1) is 24.0 Å². The van der Waals surface area contributed by atoms with E-state index in [1.54, 1.807) is 13.4 Å². The molecule has 3 rings (SSSR count). The van der Waals surface area contributed by atoms with Gasteiger partial charge in [0, 0.05) is 26.1 Å². The van der Waals surface area contributed by atoms with Crippen molar-refractivity contribution in [1.82, 2.24) is 10.6 Å². The zero-order valence-corrected chi connectivity index (χ0v) is 19.6. The van der Waals surface area contributed by atoms with Gasteiger partial charge in [0.1, 0.15) is 11.5 Å². The van der Waals surface area contributed by atoms with Gasteiger partial charge < -0.3 is 24.5 Å². The van der Waals surface area contributed by atoms with Crippen LogP contribution in [0.25, 0.3) is 0 Å². The number of aliphatic imine (C=N–C) groups is 1. The van der Waals surface area contributed by atoms with Crippen LogP contribution in [0, 0.1) is 6.92 Å². The molecular formula is C22H32IN3O3. The van der Waals surface area contributed by atoms with Crippen molar-refractivity contribution in [3.63, 3.8) is 0 Å². The predicted molar refractivity (Wildman–Crippen MR) is 127 cm³/mol. The molecular weight excluding hydrogens is 481 g/mol. The zero-order chi connectivity index (χ0) is 19.6. The summed E-state index contributed by atoms with van der Waals surface area (Å²) in [6.07, 6.45) is 5.88. The highest BCUT2D eigenvalue weighted by molar-refractivity contribution is 14.0. The van der Waals surface area contributed by atoms with E-state index in [-0.39, 0.29) is 30.1 Å². The van der Waals surface area contributed by atoms with Crippen molar-refractivity contribution in [1.29, 1.82) is 0 Å². The third-order valence-corrected chi connectivity index (χ3v) is 4.90. The molecule has 0 saturated carbocycles. The van der Waals surface area contributed by atoms with Gasteiger partial charge in [-0.25, -0.2) is 0 Å². The van der Waals surface area contributed by atoms with Crippen molar-refractivity contribution in [2.75, 3.05) is 33.4 Å². The molecule has 1 aliphatic rings. The Morgan fingerprint density at radius 2 is 2.03 bits per heavy atom. The number of methoxy groups -OCH3 is 1. The summed E-state index contributed by atoms with van der Waals surface area (Å²) in [6, 6.07) is 10.2. The molecule has 0 radical (unpaired) electrons. The Balaban J connectivity index is 0.00000300. The first-order valence-corrected chi connectivity index (χ1v) is 10.0. The molecule has 0 amide bonds. The molecule has 1 saturated heterocycles. The summed E-state index contributed by atoms with van der Waals surface area (Å²) in [4.78, 5) is 4.72. The number of rotatable bonds is 9. The van der Waals surface area contributed by atoms with Crippen LogP contribution in [0.2, 0.25) is 0 Å². The van der Waals surface area contributed by atoms with E-state index in [4.69, 9.17) is 18.9 Å². The summed E-state index contributed by atoms with van der Waals surface area (Å²) < 4.78 is 16.5. The fourth-order valence-corrected chi connectivity index (χ4v) is 3.26. The lowest BCUT2D eigenvalue weighted by molar-refractivity contribution is 0.117. The van der Waals surface area contributed by atoms with Crippen LogP contribution in [0.1, 0.15) is 29.7 Å². The van der Waals surface area contributed by atoms with Crippen molar-refractivity contribution in [3.05, 3.63) is 53.5 Å². The maximum Gasteiger partial charge on any atom is 0.191 e. The minimum absolute atomic E-state index is 0. The highest BCUT2D eigenvalue weighted by Gasteiger charge is 2.15. The largest absolute Gasteiger partial charge is 0.496 e. The van der Waals surface area contributed by atoms with Crippen molar-refractivity contribution in [2.45, 2.75) is 38.7 Å². The summed E-state index contributed by atoms with van der Waals surface area (Å²) >= 11 is 0. The Morgan fingerprint density at radius 1 is 1.21 bits per heavy atom. The van der Waals surface area contributed by atoms with Gasteiger partial charge in [0.15, 0.2) is 5.96 Å². The van der Waals surface area contributed by atoms with Crippen LogP contribution in [0.5, 0.6) is 5.75 Å². The number of aryl methyl sites for hydroxylation is 1. The van der Waals surface area contributed by atoms with Crippen LogP contribution in [0.3, 0.4) is 0 Å². The van der Waals surface area contributed by atoms with E-state index in [1.807, 2.05) is 12.1 Å². The summed E-state index contributed by atoms with van der Waals surface area (Å²) in [5.41, 5.74) is 2.39. The van der Waals surface area contributed by atoms with Crippen molar-refractivity contribution < 1.29 is 13.9 Å². The first-order valence-electron chi connectivity index (χ1n) is 10.0. The molecule has 1 fully saturated rings. The molecule has 2 heterocycles. The molecule has 6 nitrogen and oxygen atoms in total. The van der Waals surface area contributed by atoms with Crippen LogP contribution < -0.4 is 15.4 Å². The molecule has 1 aliphatic heterocycles. The predicted octanol–water partition coefficient (Wildman–Crippen LogP) is 3.71. The van der Waals surface area contributed by atoms with E-state index < -0.39 is 0 Å². The van der Waals surface area contributed by atoms with E-state index in [0.717, 1.165) is 68.4 Å². The highest BCUT2D eigenvalue weighted by Crippen LogP contribution is 2.19. The van der Waals surface area contributed by atoms with E-state index in [9.17, 15) is 0 Å². The average Bonchev–Trinajstić information content (AvgIpc) is 3.41. The second kappa shape index (κ2) is 12.7. The van der Waals surface area contributed by atoms with Crippen molar-refractivity contribution >= 4 is 29.9 Å². The first kappa shape index (κ1) is 23.5. The van der Waals surface area contributed by atoms with Gasteiger partial charge in [-0.2, -0.15) is 0 Å². The van der Waals surface area contributed by atoms with Gasteiger partial charge in [-0.05, 0) is 55.5 Å². The Kier molecular flexibility index (Phi) is 10.3. The number of hydrogen-bond acceptors (Lipinski definition) is 4. The molecule has 1 aromatic carbocycles. The molecule has 7 heteroatoms. The number of nitrogens with zero attached hydrogens (tertiary/aromatic N) is 1. The summed E-state index contributed by atoms with van der Waals surface area (Å²) in [5, 5.41) is 6.83. The molecule has 2 N–H and O–H groups in total. The van der Waals surface area contributed by atoms with E-state index in [0.29, 0.717) is 6.54 Å². The number of halogens is 1. The maximum atomic E-state index is 5.69. The van der Waals surface area contributed by atoms with Gasteiger partial charge in [-0.3, -0.25) is 4.99 Å². The van der Waals surface area contributed by atoms with Crippen molar-refractivity contribution in [3.8, 4) is 5.75 Å². The second-order valence-electron chi connectivity index (χ2n) is 7.06. The number of guanidine groups is 1. The van der Waals surface area contributed by atoms with Crippen LogP contribution in [-0.4, -0.2) is 45.4 Å². The minimum atomic E-state index is 0. The summed E-state index contributed by atoms with van der Waals surface area (Å²) in [5.74, 6) is 2.72. The van der Waals surface area contributed by atoms with Gasteiger partial charge in [-0.1, -0.05) is 12.1 Å². The SMILES string of the molecule is COc1cc(CCNC(=NCC2CCCO2)NCCc2ccco2)ccc1C.I. The standard InChI is InChI=1S/C22H31N3O3.HI/c1-17-7-8-18(15-21(17)26-2)9-11-23-22(25-16-20-6-4-14-28-20)24-12-10-19-5-3-13-27-19;/h3,5,7-8,13,15,20H,4,6,9-12,14,16H2,1-2H3,(H2,23,24,25);1H. The molecule has 2 aromatic rings. The summed E-state index contributed by atoms with van der Waals surface area (Å²) in [7, 11) is 1.71. The maximum absolute atomic E-state index is 5.69. The normalized spacial score (nSPS) is 16.3. The minimum Gasteiger partial charge on any atom is -0.496 e. The second-order valence-corrected chi connectivity index (χ2v) is 7.06. The molecule has 1 aromatic heterocycles. The van der Waals surface area contributed by atoms with Gasteiger partial charge in [0.2, 0.25) is 0 Å². The molecule has 29 heavy (non-hydrogen) atoms. The van der Waals surface area contributed by atoms with Gasteiger partial charge in [0.05, 0.1) is 26.0 Å². The van der Waals surface area contributed by atoms with Crippen molar-refractivity contribution in [2.24, 2.45) is 4.99 Å². The van der Waals surface area contributed by atoms with E-state index in [2.05, 4.69) is 35.8 Å². The van der Waals surface area contributed by atoms with Gasteiger partial charge >= 0.3 is 0 Å². The summed E-state index contributed by atoms with van der Waals surface area (Å²) in [6.45, 7) is 5.16. The van der Waals surface area contributed by atoms with E-state index >= 15 is 0 Å². The lowest BCUT2D eigenvalue weighted by Crippen LogP contribution is -2.40. The smallest absolute Gasteiger partial charge is 0.191 e. The number of nitrogens with one attached hydrogen (secondary N) is 2. The molecule has 160 valence electrons. The molecule has 1 atom stereocenters. The average molecular weight is 513 g/mol. The Morgan fingerprint density at radius 3 is 2.72 bits per heavy atom. The third-order valence-electron chi connectivity index (χ3n) is 4.90. The molecule has 0 spiro atoms. The monoisotopic (exact) mass is 513 g/mol. The number of furan rings is 1. The van der Waals surface area contributed by atoms with Crippen LogP contribution in [-0.2, 0) is 17.6 Å². The highest BCUT2D eigenvalue weighted by atomic mass is 127. The van der Waals surface area contributed by atoms with Crippen LogP contribution >= 0.6 is 24.0 Å². The number of hydrogen-bond donors (Lipinski definition) is 2. The molecule has 0 bridgehead atoms. The molecule has 0 aliphatic carbocycles. The zero-order valence-electron chi connectivity index (χ0n) is 17.3. The van der Waals surface area contributed by atoms with Gasteiger partial charge in [0.25, 0.3) is 0 Å².